The summed E-state index contributed by atoms with van der Waals surface area (Å²) in [5, 5.41) is 0. The fourth-order valence-electron chi connectivity index (χ4n) is 1.77. The van der Waals surface area contributed by atoms with Crippen LogP contribution in [0.1, 0.15) is 18.9 Å². The third kappa shape index (κ3) is 2.02. The Morgan fingerprint density at radius 2 is 2.25 bits per heavy atom. The van der Waals surface area contributed by atoms with Crippen LogP contribution in [-0.2, 0) is 15.1 Å². The first-order chi connectivity index (χ1) is 7.51. The molecule has 0 saturated carbocycles. The van der Waals surface area contributed by atoms with Gasteiger partial charge < -0.3 is 4.74 Å². The van der Waals surface area contributed by atoms with Crippen molar-refractivity contribution in [2.75, 3.05) is 0 Å². The lowest BCUT2D eigenvalue weighted by Crippen LogP contribution is -2.30. The van der Waals surface area contributed by atoms with E-state index in [4.69, 9.17) is 4.74 Å². The molecule has 0 fully saturated rings. The Hall–Kier alpha value is -1.16. The molecule has 0 spiro atoms. The SMILES string of the molecule is CC1(c2ccc(Br)cc2F)CC(=O)C=CO1. The molecule has 0 bridgehead atoms. The van der Waals surface area contributed by atoms with Crippen LogP contribution in [0.5, 0.6) is 0 Å². The lowest BCUT2D eigenvalue weighted by molar-refractivity contribution is -0.122. The van der Waals surface area contributed by atoms with Gasteiger partial charge in [-0.05, 0) is 19.1 Å². The van der Waals surface area contributed by atoms with Crippen LogP contribution in [-0.4, -0.2) is 5.78 Å². The lowest BCUT2D eigenvalue weighted by Gasteiger charge is -2.31. The van der Waals surface area contributed by atoms with Crippen LogP contribution in [0.25, 0.3) is 0 Å². The van der Waals surface area contributed by atoms with Crippen molar-refractivity contribution < 1.29 is 13.9 Å². The summed E-state index contributed by atoms with van der Waals surface area (Å²) in [6.07, 6.45) is 2.84. The lowest BCUT2D eigenvalue weighted by atomic mass is 9.89. The highest BCUT2D eigenvalue weighted by Crippen LogP contribution is 2.34. The molecule has 4 heteroatoms. The molecule has 0 radical (unpaired) electrons. The Morgan fingerprint density at radius 3 is 2.88 bits per heavy atom. The van der Waals surface area contributed by atoms with Gasteiger partial charge in [-0.2, -0.15) is 0 Å². The van der Waals surface area contributed by atoms with Crippen molar-refractivity contribution in [1.29, 1.82) is 0 Å². The summed E-state index contributed by atoms with van der Waals surface area (Å²) in [4.78, 5) is 11.3. The number of halogens is 2. The summed E-state index contributed by atoms with van der Waals surface area (Å²) in [6.45, 7) is 1.71. The number of hydrogen-bond donors (Lipinski definition) is 0. The Labute approximate surface area is 101 Å². The average molecular weight is 285 g/mol. The van der Waals surface area contributed by atoms with Crippen molar-refractivity contribution in [1.82, 2.24) is 0 Å². The first kappa shape index (κ1) is 11.3. The van der Waals surface area contributed by atoms with Crippen molar-refractivity contribution in [3.63, 3.8) is 0 Å². The van der Waals surface area contributed by atoms with Gasteiger partial charge in [0, 0.05) is 16.1 Å². The highest BCUT2D eigenvalue weighted by molar-refractivity contribution is 9.10. The van der Waals surface area contributed by atoms with Crippen LogP contribution >= 0.6 is 15.9 Å². The number of carbonyl (C=O) groups excluding carboxylic acids is 1. The molecule has 1 atom stereocenters. The normalized spacial score (nSPS) is 24.3. The Morgan fingerprint density at radius 1 is 1.50 bits per heavy atom. The standard InChI is InChI=1S/C12H10BrFO2/c1-12(7-9(15)4-5-16-12)10-3-2-8(13)6-11(10)14/h2-6H,7H2,1H3. The van der Waals surface area contributed by atoms with E-state index in [1.165, 1.54) is 18.4 Å². The number of allylic oxidation sites excluding steroid dienone is 1. The molecule has 0 saturated heterocycles. The molecule has 1 aliphatic rings. The summed E-state index contributed by atoms with van der Waals surface area (Å²) in [6, 6.07) is 4.73. The van der Waals surface area contributed by atoms with E-state index in [1.807, 2.05) is 0 Å². The fourth-order valence-corrected chi connectivity index (χ4v) is 2.10. The van der Waals surface area contributed by atoms with Gasteiger partial charge in [0.15, 0.2) is 5.78 Å². The number of ether oxygens (including phenoxy) is 1. The molecule has 1 aliphatic heterocycles. The van der Waals surface area contributed by atoms with Gasteiger partial charge >= 0.3 is 0 Å². The third-order valence-corrected chi connectivity index (χ3v) is 3.09. The van der Waals surface area contributed by atoms with Crippen LogP contribution in [0.15, 0.2) is 35.0 Å². The molecular weight excluding hydrogens is 275 g/mol. The summed E-state index contributed by atoms with van der Waals surface area (Å²) in [7, 11) is 0. The fraction of sp³-hybridized carbons (Fsp3) is 0.250. The van der Waals surface area contributed by atoms with E-state index in [0.717, 1.165) is 0 Å². The van der Waals surface area contributed by atoms with Crippen LogP contribution in [0.3, 0.4) is 0 Å². The van der Waals surface area contributed by atoms with Gasteiger partial charge in [-0.1, -0.05) is 22.0 Å². The molecular formula is C12H10BrFO2. The number of carbonyl (C=O) groups is 1. The van der Waals surface area contributed by atoms with Crippen molar-refractivity contribution in [3.05, 3.63) is 46.4 Å². The number of hydrogen-bond acceptors (Lipinski definition) is 2. The van der Waals surface area contributed by atoms with E-state index in [9.17, 15) is 9.18 Å². The maximum atomic E-state index is 13.8. The minimum Gasteiger partial charge on any atom is -0.490 e. The van der Waals surface area contributed by atoms with Crippen molar-refractivity contribution in [2.24, 2.45) is 0 Å². The maximum absolute atomic E-state index is 13.8. The van der Waals surface area contributed by atoms with E-state index in [-0.39, 0.29) is 18.0 Å². The van der Waals surface area contributed by atoms with Gasteiger partial charge in [0.2, 0.25) is 0 Å². The second kappa shape index (κ2) is 4.01. The predicted molar refractivity (Wildman–Crippen MR) is 61.3 cm³/mol. The Balaban J connectivity index is 2.43. The molecule has 2 nitrogen and oxygen atoms in total. The van der Waals surface area contributed by atoms with Gasteiger partial charge in [-0.15, -0.1) is 0 Å². The number of benzene rings is 1. The smallest absolute Gasteiger partial charge is 0.163 e. The zero-order chi connectivity index (χ0) is 11.8. The molecule has 0 amide bonds. The molecule has 0 N–H and O–H groups in total. The largest absolute Gasteiger partial charge is 0.490 e. The van der Waals surface area contributed by atoms with Gasteiger partial charge in [0.25, 0.3) is 0 Å². The highest BCUT2D eigenvalue weighted by Gasteiger charge is 2.34. The first-order valence-corrected chi connectivity index (χ1v) is 5.63. The monoisotopic (exact) mass is 284 g/mol. The summed E-state index contributed by atoms with van der Waals surface area (Å²) in [5.74, 6) is -0.434. The molecule has 1 unspecified atom stereocenters. The van der Waals surface area contributed by atoms with Gasteiger partial charge in [0.05, 0.1) is 12.7 Å². The van der Waals surface area contributed by atoms with Gasteiger partial charge in [-0.3, -0.25) is 4.79 Å². The molecule has 2 rings (SSSR count). The van der Waals surface area contributed by atoms with Crippen molar-refractivity contribution >= 4 is 21.7 Å². The minimum atomic E-state index is -0.906. The number of ketones is 1. The summed E-state index contributed by atoms with van der Waals surface area (Å²) in [5.41, 5.74) is -0.509. The quantitative estimate of drug-likeness (QED) is 0.791. The second-order valence-electron chi connectivity index (χ2n) is 3.92. The van der Waals surface area contributed by atoms with Gasteiger partial charge in [-0.25, -0.2) is 4.39 Å². The van der Waals surface area contributed by atoms with E-state index >= 15 is 0 Å². The average Bonchev–Trinajstić information content (AvgIpc) is 2.16. The topological polar surface area (TPSA) is 26.3 Å². The second-order valence-corrected chi connectivity index (χ2v) is 4.83. The molecule has 0 aliphatic carbocycles. The van der Waals surface area contributed by atoms with Crippen molar-refractivity contribution in [3.8, 4) is 0 Å². The van der Waals surface area contributed by atoms with Crippen LogP contribution in [0, 0.1) is 5.82 Å². The molecule has 16 heavy (non-hydrogen) atoms. The molecule has 84 valence electrons. The predicted octanol–water partition coefficient (Wildman–Crippen LogP) is 3.31. The minimum absolute atomic E-state index is 0.0592. The summed E-state index contributed by atoms with van der Waals surface area (Å²) >= 11 is 3.19. The van der Waals surface area contributed by atoms with E-state index < -0.39 is 5.60 Å². The van der Waals surface area contributed by atoms with E-state index in [1.54, 1.807) is 19.1 Å². The van der Waals surface area contributed by atoms with Crippen LogP contribution < -0.4 is 0 Å². The molecule has 0 aromatic heterocycles. The molecule has 1 heterocycles. The van der Waals surface area contributed by atoms with Crippen LogP contribution in [0.4, 0.5) is 4.39 Å². The number of rotatable bonds is 1. The Kier molecular flexibility index (Phi) is 2.84. The van der Waals surface area contributed by atoms with Crippen molar-refractivity contribution in [2.45, 2.75) is 18.9 Å². The van der Waals surface area contributed by atoms with Gasteiger partial charge in [0.1, 0.15) is 11.4 Å². The zero-order valence-corrected chi connectivity index (χ0v) is 10.3. The third-order valence-electron chi connectivity index (χ3n) is 2.59. The zero-order valence-electron chi connectivity index (χ0n) is 8.67. The van der Waals surface area contributed by atoms with E-state index in [2.05, 4.69) is 15.9 Å². The molecule has 1 aromatic rings. The van der Waals surface area contributed by atoms with Crippen LogP contribution in [0.2, 0.25) is 0 Å². The van der Waals surface area contributed by atoms with E-state index in [0.29, 0.717) is 10.0 Å². The maximum Gasteiger partial charge on any atom is 0.163 e. The Bertz CT molecular complexity index is 470. The summed E-state index contributed by atoms with van der Waals surface area (Å²) < 4.78 is 19.8. The first-order valence-electron chi connectivity index (χ1n) is 4.84. The highest BCUT2D eigenvalue weighted by atomic mass is 79.9. The molecule has 1 aromatic carbocycles.